The van der Waals surface area contributed by atoms with Crippen molar-refractivity contribution in [3.8, 4) is 0 Å². The van der Waals surface area contributed by atoms with Crippen LogP contribution in [0.15, 0.2) is 6.20 Å². The number of anilines is 1. The minimum absolute atomic E-state index is 0.0348. The molecule has 0 radical (unpaired) electrons. The summed E-state index contributed by atoms with van der Waals surface area (Å²) in [6.07, 6.45) is 3.57. The first kappa shape index (κ1) is 13.9. The minimum atomic E-state index is -0.0348. The molecule has 1 aromatic rings. The first-order valence-electron chi connectivity index (χ1n) is 6.81. The molecule has 0 unspecified atom stereocenters. The first-order chi connectivity index (χ1) is 9.04. The van der Waals surface area contributed by atoms with Crippen LogP contribution in [0.25, 0.3) is 0 Å². The largest absolute Gasteiger partial charge is 0.396 e. The summed E-state index contributed by atoms with van der Waals surface area (Å²) in [4.78, 5) is 16.7. The summed E-state index contributed by atoms with van der Waals surface area (Å²) in [7, 11) is 3.61. The van der Waals surface area contributed by atoms with E-state index in [0.29, 0.717) is 17.4 Å². The molecule has 1 aromatic heterocycles. The van der Waals surface area contributed by atoms with Crippen LogP contribution in [0.2, 0.25) is 0 Å². The van der Waals surface area contributed by atoms with Crippen LogP contribution < -0.4 is 5.73 Å². The van der Waals surface area contributed by atoms with E-state index in [-0.39, 0.29) is 5.91 Å². The van der Waals surface area contributed by atoms with E-state index >= 15 is 0 Å². The molecular weight excluding hydrogens is 242 g/mol. The molecule has 0 aromatic carbocycles. The van der Waals surface area contributed by atoms with Gasteiger partial charge in [-0.3, -0.25) is 9.48 Å². The van der Waals surface area contributed by atoms with E-state index in [4.69, 9.17) is 5.73 Å². The Morgan fingerprint density at radius 1 is 1.53 bits per heavy atom. The Bertz CT molecular complexity index is 428. The fourth-order valence-electron chi connectivity index (χ4n) is 2.67. The molecular formula is C13H23N5O. The monoisotopic (exact) mass is 265 g/mol. The van der Waals surface area contributed by atoms with Gasteiger partial charge in [0.25, 0.3) is 5.91 Å². The number of aryl methyl sites for hydroxylation is 1. The standard InChI is InChI=1S/C13H23N5O/c1-4-18-7-5-10(6-8-18)16(2)13(19)12-11(14)9-15-17(12)3/h9-10H,4-8,14H2,1-3H3. The Hall–Kier alpha value is -1.56. The van der Waals surface area contributed by atoms with Gasteiger partial charge >= 0.3 is 0 Å². The van der Waals surface area contributed by atoms with Crippen molar-refractivity contribution in [3.05, 3.63) is 11.9 Å². The van der Waals surface area contributed by atoms with Gasteiger partial charge in [0.1, 0.15) is 5.69 Å². The van der Waals surface area contributed by atoms with Gasteiger partial charge in [-0.15, -0.1) is 0 Å². The molecule has 1 aliphatic rings. The summed E-state index contributed by atoms with van der Waals surface area (Å²) in [5.74, 6) is -0.0348. The lowest BCUT2D eigenvalue weighted by Gasteiger charge is -2.36. The van der Waals surface area contributed by atoms with Gasteiger partial charge in [-0.2, -0.15) is 5.10 Å². The number of carbonyl (C=O) groups is 1. The minimum Gasteiger partial charge on any atom is -0.396 e. The van der Waals surface area contributed by atoms with E-state index in [9.17, 15) is 4.79 Å². The lowest BCUT2D eigenvalue weighted by atomic mass is 10.0. The van der Waals surface area contributed by atoms with Crippen molar-refractivity contribution in [2.24, 2.45) is 7.05 Å². The number of nitrogens with two attached hydrogens (primary N) is 1. The topological polar surface area (TPSA) is 67.4 Å². The van der Waals surface area contributed by atoms with Crippen LogP contribution in [0.3, 0.4) is 0 Å². The molecule has 1 amide bonds. The van der Waals surface area contributed by atoms with Crippen LogP contribution in [-0.2, 0) is 7.05 Å². The second-order valence-electron chi connectivity index (χ2n) is 5.15. The molecule has 0 bridgehead atoms. The summed E-state index contributed by atoms with van der Waals surface area (Å²) < 4.78 is 1.55. The molecule has 1 fully saturated rings. The van der Waals surface area contributed by atoms with Crippen LogP contribution in [0.5, 0.6) is 0 Å². The highest BCUT2D eigenvalue weighted by Crippen LogP contribution is 2.19. The van der Waals surface area contributed by atoms with Crippen molar-refractivity contribution >= 4 is 11.6 Å². The molecule has 6 nitrogen and oxygen atoms in total. The number of carbonyl (C=O) groups excluding carboxylic acids is 1. The zero-order valence-corrected chi connectivity index (χ0v) is 12.0. The van der Waals surface area contributed by atoms with E-state index in [2.05, 4.69) is 16.9 Å². The quantitative estimate of drug-likeness (QED) is 0.867. The SMILES string of the molecule is CCN1CCC(N(C)C(=O)c2c(N)cnn2C)CC1. The number of amides is 1. The first-order valence-corrected chi connectivity index (χ1v) is 6.81. The molecule has 1 saturated heterocycles. The Morgan fingerprint density at radius 2 is 2.16 bits per heavy atom. The Morgan fingerprint density at radius 3 is 2.63 bits per heavy atom. The van der Waals surface area contributed by atoms with E-state index < -0.39 is 0 Å². The fourth-order valence-corrected chi connectivity index (χ4v) is 2.67. The number of hydrogen-bond acceptors (Lipinski definition) is 4. The van der Waals surface area contributed by atoms with Crippen molar-refractivity contribution in [3.63, 3.8) is 0 Å². The fraction of sp³-hybridized carbons (Fsp3) is 0.692. The van der Waals surface area contributed by atoms with Crippen LogP contribution >= 0.6 is 0 Å². The van der Waals surface area contributed by atoms with Crippen molar-refractivity contribution < 1.29 is 4.79 Å². The number of piperidine rings is 1. The average Bonchev–Trinajstić information content (AvgIpc) is 2.77. The summed E-state index contributed by atoms with van der Waals surface area (Å²) in [5.41, 5.74) is 6.75. The van der Waals surface area contributed by atoms with E-state index in [0.717, 1.165) is 32.5 Å². The highest BCUT2D eigenvalue weighted by molar-refractivity contribution is 5.97. The molecule has 2 N–H and O–H groups in total. The van der Waals surface area contributed by atoms with Crippen LogP contribution in [0, 0.1) is 0 Å². The number of hydrogen-bond donors (Lipinski definition) is 1. The predicted molar refractivity (Wildman–Crippen MR) is 74.8 cm³/mol. The zero-order valence-electron chi connectivity index (χ0n) is 12.0. The maximum atomic E-state index is 12.5. The van der Waals surface area contributed by atoms with Gasteiger partial charge in [0.05, 0.1) is 11.9 Å². The number of nitrogens with zero attached hydrogens (tertiary/aromatic N) is 4. The maximum Gasteiger partial charge on any atom is 0.274 e. The molecule has 1 aliphatic heterocycles. The summed E-state index contributed by atoms with van der Waals surface area (Å²) >= 11 is 0. The number of nitrogen functional groups attached to an aromatic ring is 1. The summed E-state index contributed by atoms with van der Waals surface area (Å²) in [6, 6.07) is 0.296. The zero-order chi connectivity index (χ0) is 14.0. The molecule has 6 heteroatoms. The van der Waals surface area contributed by atoms with Crippen LogP contribution in [0.1, 0.15) is 30.3 Å². The van der Waals surface area contributed by atoms with Crippen LogP contribution in [-0.4, -0.2) is 58.2 Å². The highest BCUT2D eigenvalue weighted by Gasteiger charge is 2.27. The smallest absolute Gasteiger partial charge is 0.274 e. The van der Waals surface area contributed by atoms with Gasteiger partial charge in [0.15, 0.2) is 0 Å². The molecule has 19 heavy (non-hydrogen) atoms. The van der Waals surface area contributed by atoms with Crippen molar-refractivity contribution in [2.45, 2.75) is 25.8 Å². The van der Waals surface area contributed by atoms with Crippen molar-refractivity contribution in [1.29, 1.82) is 0 Å². The molecule has 0 aliphatic carbocycles. The van der Waals surface area contributed by atoms with Gasteiger partial charge in [0.2, 0.25) is 0 Å². The number of aromatic nitrogens is 2. The van der Waals surface area contributed by atoms with Gasteiger partial charge < -0.3 is 15.5 Å². The summed E-state index contributed by atoms with van der Waals surface area (Å²) in [6.45, 7) is 5.36. The molecule has 0 saturated carbocycles. The van der Waals surface area contributed by atoms with E-state index in [1.54, 1.807) is 11.7 Å². The van der Waals surface area contributed by atoms with E-state index in [1.165, 1.54) is 6.20 Å². The third kappa shape index (κ3) is 2.73. The van der Waals surface area contributed by atoms with E-state index in [1.807, 2.05) is 11.9 Å². The molecule has 106 valence electrons. The molecule has 2 rings (SSSR count). The number of rotatable bonds is 3. The maximum absolute atomic E-state index is 12.5. The molecule has 0 atom stereocenters. The lowest BCUT2D eigenvalue weighted by Crippen LogP contribution is -2.46. The molecule has 0 spiro atoms. The van der Waals surface area contributed by atoms with Crippen molar-refractivity contribution in [2.75, 3.05) is 32.4 Å². The lowest BCUT2D eigenvalue weighted by molar-refractivity contribution is 0.0637. The summed E-state index contributed by atoms with van der Waals surface area (Å²) in [5, 5.41) is 4.03. The second kappa shape index (κ2) is 5.61. The van der Waals surface area contributed by atoms with Crippen LogP contribution in [0.4, 0.5) is 5.69 Å². The van der Waals surface area contributed by atoms with Gasteiger partial charge in [0, 0.05) is 33.2 Å². The van der Waals surface area contributed by atoms with Gasteiger partial charge in [-0.25, -0.2) is 0 Å². The number of likely N-dealkylation sites (tertiary alicyclic amines) is 1. The van der Waals surface area contributed by atoms with Crippen molar-refractivity contribution in [1.82, 2.24) is 19.6 Å². The Labute approximate surface area is 114 Å². The second-order valence-corrected chi connectivity index (χ2v) is 5.15. The third-order valence-electron chi connectivity index (χ3n) is 4.04. The Balaban J connectivity index is 2.04. The van der Waals surface area contributed by atoms with Gasteiger partial charge in [-0.05, 0) is 19.4 Å². The predicted octanol–water partition coefficient (Wildman–Crippen LogP) is 0.559. The van der Waals surface area contributed by atoms with Gasteiger partial charge in [-0.1, -0.05) is 6.92 Å². The molecule has 2 heterocycles. The highest BCUT2D eigenvalue weighted by atomic mass is 16.2. The Kier molecular flexibility index (Phi) is 4.09. The normalized spacial score (nSPS) is 17.6. The average molecular weight is 265 g/mol. The third-order valence-corrected chi connectivity index (χ3v) is 4.04.